The number of nitrogens with one attached hydrogen (secondary N) is 1. The number of pyridine rings is 2. The molecule has 0 saturated carbocycles. The minimum absolute atomic E-state index is 0.00171. The van der Waals surface area contributed by atoms with Crippen LogP contribution in [0, 0.1) is 22.9 Å². The van der Waals surface area contributed by atoms with Crippen LogP contribution in [0.25, 0.3) is 16.7 Å². The van der Waals surface area contributed by atoms with Gasteiger partial charge in [0.15, 0.2) is 17.3 Å². The Hall–Kier alpha value is -3.61. The van der Waals surface area contributed by atoms with Crippen molar-refractivity contribution in [2.24, 2.45) is 5.41 Å². The van der Waals surface area contributed by atoms with Crippen molar-refractivity contribution in [3.05, 3.63) is 63.7 Å². The monoisotopic (exact) mass is 526 g/mol. The molecule has 2 saturated heterocycles. The number of hydrogen-bond acceptors (Lipinski definition) is 5. The lowest BCUT2D eigenvalue weighted by Crippen LogP contribution is -2.66. The van der Waals surface area contributed by atoms with Crippen LogP contribution in [0.1, 0.15) is 23.7 Å². The van der Waals surface area contributed by atoms with Gasteiger partial charge in [-0.3, -0.25) is 14.2 Å². The molecule has 0 radical (unpaired) electrons. The molecule has 1 N–H and O–H groups in total. The number of ether oxygens (including phenoxy) is 1. The molecule has 3 aromatic rings. The molecule has 1 amide bonds. The standard InChI is InChI=1S/C24H20F6N4O3/c1-2-17(24(28,29)30)31-22(36)14-7-34(19-15(26)5-12(25)6-16(19)27)21-13(20(14)35)3-4-18(32-21)33-8-23(9-33)10-37-11-23/h3-7,17H,2,8-11H2,1H3,(H,31,36)/t17-/m0/s1. The molecular formula is C24H20F6N4O3. The minimum Gasteiger partial charge on any atom is -0.380 e. The lowest BCUT2D eigenvalue weighted by Gasteiger charge is -2.55. The third-order valence-corrected chi connectivity index (χ3v) is 6.60. The van der Waals surface area contributed by atoms with Crippen LogP contribution in [0.4, 0.5) is 32.2 Å². The lowest BCUT2D eigenvalue weighted by molar-refractivity contribution is -0.153. The van der Waals surface area contributed by atoms with Gasteiger partial charge in [0, 0.05) is 31.4 Å². The minimum atomic E-state index is -4.79. The highest BCUT2D eigenvalue weighted by atomic mass is 19.4. The van der Waals surface area contributed by atoms with Gasteiger partial charge in [-0.1, -0.05) is 6.92 Å². The first-order valence-electron chi connectivity index (χ1n) is 11.3. The van der Waals surface area contributed by atoms with Gasteiger partial charge in [0.1, 0.15) is 28.9 Å². The van der Waals surface area contributed by atoms with Crippen LogP contribution in [-0.2, 0) is 4.74 Å². The van der Waals surface area contributed by atoms with Crippen molar-refractivity contribution < 1.29 is 35.9 Å². The first-order chi connectivity index (χ1) is 17.4. The van der Waals surface area contributed by atoms with Crippen molar-refractivity contribution in [3.8, 4) is 5.69 Å². The molecule has 0 bridgehead atoms. The molecule has 196 valence electrons. The van der Waals surface area contributed by atoms with Crippen LogP contribution in [0.3, 0.4) is 0 Å². The van der Waals surface area contributed by atoms with E-state index in [9.17, 15) is 35.9 Å². The Bertz CT molecular complexity index is 1440. The largest absolute Gasteiger partial charge is 0.408 e. The van der Waals surface area contributed by atoms with Crippen LogP contribution in [-0.4, -0.2) is 54.0 Å². The molecule has 7 nitrogen and oxygen atoms in total. The van der Waals surface area contributed by atoms with Gasteiger partial charge in [-0.25, -0.2) is 18.2 Å². The second-order valence-corrected chi connectivity index (χ2v) is 9.33. The summed E-state index contributed by atoms with van der Waals surface area (Å²) in [5.74, 6) is -4.94. The van der Waals surface area contributed by atoms with Crippen LogP contribution >= 0.6 is 0 Å². The molecule has 0 unspecified atom stereocenters. The van der Waals surface area contributed by atoms with Crippen molar-refractivity contribution in [2.75, 3.05) is 31.2 Å². The zero-order valence-corrected chi connectivity index (χ0v) is 19.3. The molecule has 2 aliphatic heterocycles. The number of carbonyl (C=O) groups excluding carboxylic acids is 1. The number of amides is 1. The number of alkyl halides is 3. The predicted octanol–water partition coefficient (Wildman–Crippen LogP) is 3.71. The topological polar surface area (TPSA) is 76.5 Å². The van der Waals surface area contributed by atoms with Gasteiger partial charge >= 0.3 is 6.18 Å². The third-order valence-electron chi connectivity index (χ3n) is 6.60. The van der Waals surface area contributed by atoms with Crippen LogP contribution in [0.2, 0.25) is 0 Å². The average Bonchev–Trinajstić information content (AvgIpc) is 2.75. The number of aromatic nitrogens is 2. The molecule has 2 aliphatic rings. The molecule has 2 aromatic heterocycles. The number of rotatable bonds is 5. The molecule has 1 spiro atoms. The summed E-state index contributed by atoms with van der Waals surface area (Å²) in [6.45, 7) is 3.57. The Balaban J connectivity index is 1.66. The van der Waals surface area contributed by atoms with E-state index in [2.05, 4.69) is 4.98 Å². The summed E-state index contributed by atoms with van der Waals surface area (Å²) >= 11 is 0. The van der Waals surface area contributed by atoms with Crippen molar-refractivity contribution >= 4 is 22.8 Å². The van der Waals surface area contributed by atoms with Crippen molar-refractivity contribution in [2.45, 2.75) is 25.6 Å². The normalized spacial score (nSPS) is 17.4. The van der Waals surface area contributed by atoms with Crippen LogP contribution in [0.5, 0.6) is 0 Å². The zero-order chi connectivity index (χ0) is 26.7. The highest BCUT2D eigenvalue weighted by Crippen LogP contribution is 2.40. The number of halogens is 6. The summed E-state index contributed by atoms with van der Waals surface area (Å²) in [5.41, 5.74) is -2.86. The SMILES string of the molecule is CC[C@H](NC(=O)c1cn(-c2c(F)cc(F)cc2F)c2nc(N3CC4(COC4)C3)ccc2c1=O)C(F)(F)F. The fraction of sp³-hybridized carbons (Fsp3) is 0.375. The molecule has 37 heavy (non-hydrogen) atoms. The molecule has 1 atom stereocenters. The van der Waals surface area contributed by atoms with E-state index in [0.29, 0.717) is 44.3 Å². The maximum absolute atomic E-state index is 14.8. The lowest BCUT2D eigenvalue weighted by atomic mass is 9.78. The van der Waals surface area contributed by atoms with Gasteiger partial charge < -0.3 is 15.0 Å². The molecule has 13 heteroatoms. The molecule has 4 heterocycles. The highest BCUT2D eigenvalue weighted by Gasteiger charge is 2.49. The van der Waals surface area contributed by atoms with Gasteiger partial charge in [0.2, 0.25) is 5.43 Å². The third kappa shape index (κ3) is 4.30. The Kier molecular flexibility index (Phi) is 5.93. The molecule has 5 rings (SSSR count). The van der Waals surface area contributed by atoms with Gasteiger partial charge in [-0.15, -0.1) is 0 Å². The number of nitrogens with zero attached hydrogens (tertiary/aromatic N) is 3. The second kappa shape index (κ2) is 8.75. The number of benzene rings is 1. The molecule has 2 fully saturated rings. The number of carbonyl (C=O) groups is 1. The first kappa shape index (κ1) is 25.1. The van der Waals surface area contributed by atoms with Crippen molar-refractivity contribution in [3.63, 3.8) is 0 Å². The fourth-order valence-corrected chi connectivity index (χ4v) is 4.62. The van der Waals surface area contributed by atoms with Gasteiger partial charge in [0.25, 0.3) is 5.91 Å². The number of hydrogen-bond donors (Lipinski definition) is 1. The van der Waals surface area contributed by atoms with Crippen LogP contribution < -0.4 is 15.6 Å². The molecule has 0 aliphatic carbocycles. The highest BCUT2D eigenvalue weighted by molar-refractivity contribution is 5.97. The zero-order valence-electron chi connectivity index (χ0n) is 19.3. The maximum Gasteiger partial charge on any atom is 0.408 e. The van der Waals surface area contributed by atoms with Crippen molar-refractivity contribution in [1.82, 2.24) is 14.9 Å². The summed E-state index contributed by atoms with van der Waals surface area (Å²) in [5, 5.41) is 1.49. The Morgan fingerprint density at radius 1 is 1.16 bits per heavy atom. The molecular weight excluding hydrogens is 506 g/mol. The smallest absolute Gasteiger partial charge is 0.380 e. The molecule has 1 aromatic carbocycles. The number of fused-ring (bicyclic) bond motifs is 1. The summed E-state index contributed by atoms with van der Waals surface area (Å²) in [4.78, 5) is 32.2. The fourth-order valence-electron chi connectivity index (χ4n) is 4.62. The first-order valence-corrected chi connectivity index (χ1v) is 11.3. The van der Waals surface area contributed by atoms with Gasteiger partial charge in [-0.05, 0) is 18.6 Å². The van der Waals surface area contributed by atoms with E-state index in [1.165, 1.54) is 19.1 Å². The van der Waals surface area contributed by atoms with E-state index >= 15 is 0 Å². The van der Waals surface area contributed by atoms with E-state index in [1.54, 1.807) is 5.32 Å². The average molecular weight is 526 g/mol. The summed E-state index contributed by atoms with van der Waals surface area (Å²) < 4.78 is 88.8. The van der Waals surface area contributed by atoms with Gasteiger partial charge in [-0.2, -0.15) is 13.2 Å². The van der Waals surface area contributed by atoms with E-state index in [0.717, 1.165) is 10.8 Å². The predicted molar refractivity (Wildman–Crippen MR) is 120 cm³/mol. The Labute approximate surface area is 205 Å². The number of anilines is 1. The van der Waals surface area contributed by atoms with E-state index in [-0.39, 0.29) is 16.4 Å². The second-order valence-electron chi connectivity index (χ2n) is 9.33. The summed E-state index contributed by atoms with van der Waals surface area (Å²) in [6.07, 6.45) is -4.58. The quantitative estimate of drug-likeness (QED) is 0.514. The Morgan fingerprint density at radius 2 is 1.81 bits per heavy atom. The van der Waals surface area contributed by atoms with Crippen molar-refractivity contribution in [1.29, 1.82) is 0 Å². The van der Waals surface area contributed by atoms with Gasteiger partial charge in [0.05, 0.1) is 24.0 Å². The van der Waals surface area contributed by atoms with Crippen LogP contribution in [0.15, 0.2) is 35.3 Å². The summed E-state index contributed by atoms with van der Waals surface area (Å²) in [6, 6.07) is 1.31. The maximum atomic E-state index is 14.8. The van der Waals surface area contributed by atoms with E-state index in [1.807, 2.05) is 4.90 Å². The van der Waals surface area contributed by atoms with E-state index < -0.39 is 58.7 Å². The summed E-state index contributed by atoms with van der Waals surface area (Å²) in [7, 11) is 0. The Morgan fingerprint density at radius 3 is 2.35 bits per heavy atom. The van der Waals surface area contributed by atoms with E-state index in [4.69, 9.17) is 4.74 Å².